The van der Waals surface area contributed by atoms with E-state index in [4.69, 9.17) is 23.2 Å². The number of halogens is 2. The third kappa shape index (κ3) is 6.02. The number of nitrogens with zero attached hydrogens (tertiary/aromatic N) is 1. The molecule has 0 fully saturated rings. The van der Waals surface area contributed by atoms with E-state index in [0.29, 0.717) is 15.7 Å². The van der Waals surface area contributed by atoms with Gasteiger partial charge in [-0.2, -0.15) is 0 Å². The Morgan fingerprint density at radius 2 is 1.81 bits per heavy atom. The van der Waals surface area contributed by atoms with Crippen molar-refractivity contribution in [3.8, 4) is 0 Å². The van der Waals surface area contributed by atoms with E-state index in [1.54, 1.807) is 25.2 Å². The Hall–Kier alpha value is -2.08. The first kappa shape index (κ1) is 20.2. The summed E-state index contributed by atoms with van der Waals surface area (Å²) in [5.74, 6) is -0.410. The van der Waals surface area contributed by atoms with Crippen LogP contribution in [0.5, 0.6) is 0 Å². The highest BCUT2D eigenvalue weighted by atomic mass is 35.5. The molecule has 0 bridgehead atoms. The van der Waals surface area contributed by atoms with Gasteiger partial charge in [-0.3, -0.25) is 9.59 Å². The molecule has 3 N–H and O–H groups in total. The summed E-state index contributed by atoms with van der Waals surface area (Å²) in [6, 6.07) is 15.0. The molecule has 0 aliphatic rings. The summed E-state index contributed by atoms with van der Waals surface area (Å²) in [5, 5.41) is 5.43. The summed E-state index contributed by atoms with van der Waals surface area (Å²) in [7, 11) is 1.61. The summed E-state index contributed by atoms with van der Waals surface area (Å²) in [6.45, 7) is 2.28. The van der Waals surface area contributed by atoms with E-state index in [9.17, 15) is 9.59 Å². The molecule has 0 radical (unpaired) electrons. The van der Waals surface area contributed by atoms with Crippen LogP contribution in [0.4, 0.5) is 5.69 Å². The molecule has 0 aliphatic carbocycles. The van der Waals surface area contributed by atoms with Crippen molar-refractivity contribution in [1.29, 1.82) is 0 Å². The van der Waals surface area contributed by atoms with Gasteiger partial charge < -0.3 is 15.5 Å². The number of nitrogens with two attached hydrogens (primary N) is 1. The van der Waals surface area contributed by atoms with E-state index < -0.39 is 0 Å². The lowest BCUT2D eigenvalue weighted by Crippen LogP contribution is -2.87. The molecule has 1 atom stereocenters. The summed E-state index contributed by atoms with van der Waals surface area (Å²) >= 11 is 11.8. The van der Waals surface area contributed by atoms with Crippen LogP contribution in [0.25, 0.3) is 0 Å². The number of likely N-dealkylation sites (N-methyl/N-ethyl adjacent to an activating group) is 1. The number of rotatable bonds is 7. The van der Waals surface area contributed by atoms with Crippen molar-refractivity contribution in [3.05, 3.63) is 64.1 Å². The molecule has 0 aliphatic heterocycles. The van der Waals surface area contributed by atoms with Gasteiger partial charge in [0.1, 0.15) is 6.04 Å². The summed E-state index contributed by atoms with van der Waals surface area (Å²) < 4.78 is 0. The largest absolute Gasteiger partial charge is 0.333 e. The normalized spacial score (nSPS) is 11.7. The molecule has 7 heteroatoms. The maximum absolute atomic E-state index is 12.2. The fourth-order valence-corrected chi connectivity index (χ4v) is 2.70. The Balaban J connectivity index is 1.80. The van der Waals surface area contributed by atoms with Crippen LogP contribution in [-0.2, 0) is 9.59 Å². The number of benzene rings is 2. The van der Waals surface area contributed by atoms with Crippen LogP contribution in [0, 0.1) is 0 Å². The topological polar surface area (TPSA) is 66.0 Å². The highest BCUT2D eigenvalue weighted by molar-refractivity contribution is 6.42. The summed E-state index contributed by atoms with van der Waals surface area (Å²) in [6.07, 6.45) is 0. The van der Waals surface area contributed by atoms with Crippen molar-refractivity contribution in [2.75, 3.05) is 25.5 Å². The van der Waals surface area contributed by atoms with E-state index >= 15 is 0 Å². The lowest BCUT2D eigenvalue weighted by Gasteiger charge is -2.17. The predicted octanol–water partition coefficient (Wildman–Crippen LogP) is 2.71. The lowest BCUT2D eigenvalue weighted by atomic mass is 10.1. The summed E-state index contributed by atoms with van der Waals surface area (Å²) in [4.78, 5) is 25.7. The minimum atomic E-state index is -0.296. The molecule has 0 saturated carbocycles. The van der Waals surface area contributed by atoms with Crippen molar-refractivity contribution in [3.63, 3.8) is 0 Å². The van der Waals surface area contributed by atoms with Gasteiger partial charge in [-0.05, 0) is 25.1 Å². The minimum Gasteiger partial charge on any atom is -0.333 e. The molecule has 0 saturated heterocycles. The average molecular weight is 395 g/mol. The quantitative estimate of drug-likeness (QED) is 0.757. The molecule has 2 aromatic carbocycles. The Morgan fingerprint density at radius 1 is 1.12 bits per heavy atom. The zero-order valence-corrected chi connectivity index (χ0v) is 16.2. The second-order valence-corrected chi connectivity index (χ2v) is 6.88. The van der Waals surface area contributed by atoms with Crippen molar-refractivity contribution in [2.45, 2.75) is 13.0 Å². The number of carbonyl (C=O) groups excluding carboxylic acids is 2. The maximum Gasteiger partial charge on any atom is 0.277 e. The first-order valence-corrected chi connectivity index (χ1v) is 8.99. The van der Waals surface area contributed by atoms with Crippen molar-refractivity contribution in [2.24, 2.45) is 0 Å². The molecule has 2 amide bonds. The zero-order valence-electron chi connectivity index (χ0n) is 14.7. The number of nitrogens with one attached hydrogen (secondary N) is 1. The fraction of sp³-hybridized carbons (Fsp3) is 0.263. The molecule has 5 nitrogen and oxygen atoms in total. The standard InChI is InChI=1S/C19H21Cl2N3O2/c1-13(14-6-4-3-5-7-14)22-11-19(26)24(2)12-18(25)23-15-8-9-16(20)17(21)10-15/h3-10,13,22H,11-12H2,1-2H3,(H,23,25)/p+1/t13-/m0/s1. The fourth-order valence-electron chi connectivity index (χ4n) is 2.40. The Labute approximate surface area is 163 Å². The van der Waals surface area contributed by atoms with Gasteiger partial charge in [-0.25, -0.2) is 0 Å². The molecular weight excluding hydrogens is 373 g/mol. The van der Waals surface area contributed by atoms with Gasteiger partial charge in [-0.15, -0.1) is 0 Å². The highest BCUT2D eigenvalue weighted by Gasteiger charge is 2.17. The third-order valence-corrected chi connectivity index (χ3v) is 4.72. The second-order valence-electron chi connectivity index (χ2n) is 6.07. The molecule has 0 aromatic heterocycles. The van der Waals surface area contributed by atoms with Gasteiger partial charge in [0.05, 0.1) is 16.6 Å². The van der Waals surface area contributed by atoms with E-state index in [-0.39, 0.29) is 30.9 Å². The first-order valence-electron chi connectivity index (χ1n) is 8.24. The second kappa shape index (κ2) is 9.57. The van der Waals surface area contributed by atoms with Crippen LogP contribution in [0.3, 0.4) is 0 Å². The third-order valence-electron chi connectivity index (χ3n) is 3.98. The molecule has 0 unspecified atom stereocenters. The maximum atomic E-state index is 12.2. The van der Waals surface area contributed by atoms with Gasteiger partial charge in [0.15, 0.2) is 6.54 Å². The molecule has 0 heterocycles. The molecule has 0 spiro atoms. The Bertz CT molecular complexity index is 769. The van der Waals surface area contributed by atoms with E-state index in [0.717, 1.165) is 5.56 Å². The van der Waals surface area contributed by atoms with Gasteiger partial charge in [-0.1, -0.05) is 53.5 Å². The smallest absolute Gasteiger partial charge is 0.277 e. The molecular formula is C19H22Cl2N3O2+. The van der Waals surface area contributed by atoms with Crippen LogP contribution < -0.4 is 10.6 Å². The molecule has 26 heavy (non-hydrogen) atoms. The van der Waals surface area contributed by atoms with Gasteiger partial charge >= 0.3 is 0 Å². The molecule has 2 rings (SSSR count). The van der Waals surface area contributed by atoms with Crippen molar-refractivity contribution >= 4 is 40.7 Å². The first-order chi connectivity index (χ1) is 12.4. The van der Waals surface area contributed by atoms with Crippen molar-refractivity contribution < 1.29 is 14.9 Å². The monoisotopic (exact) mass is 394 g/mol. The van der Waals surface area contributed by atoms with E-state index in [2.05, 4.69) is 5.32 Å². The van der Waals surface area contributed by atoms with Gasteiger partial charge in [0, 0.05) is 18.3 Å². The Morgan fingerprint density at radius 3 is 2.46 bits per heavy atom. The number of quaternary nitrogens is 1. The lowest BCUT2D eigenvalue weighted by molar-refractivity contribution is -0.683. The number of hydrogen-bond acceptors (Lipinski definition) is 2. The molecule has 138 valence electrons. The number of anilines is 1. The summed E-state index contributed by atoms with van der Waals surface area (Å²) in [5.41, 5.74) is 1.69. The molecule has 2 aromatic rings. The zero-order chi connectivity index (χ0) is 19.1. The van der Waals surface area contributed by atoms with Gasteiger partial charge in [0.25, 0.3) is 5.91 Å². The van der Waals surface area contributed by atoms with E-state index in [1.165, 1.54) is 4.90 Å². The number of carbonyl (C=O) groups is 2. The van der Waals surface area contributed by atoms with Crippen molar-refractivity contribution in [1.82, 2.24) is 4.90 Å². The predicted molar refractivity (Wildman–Crippen MR) is 104 cm³/mol. The van der Waals surface area contributed by atoms with Crippen LogP contribution in [0.15, 0.2) is 48.5 Å². The number of amides is 2. The van der Waals surface area contributed by atoms with Crippen LogP contribution >= 0.6 is 23.2 Å². The number of hydrogen-bond donors (Lipinski definition) is 2. The minimum absolute atomic E-state index is 0.0351. The average Bonchev–Trinajstić information content (AvgIpc) is 2.63. The van der Waals surface area contributed by atoms with Crippen LogP contribution in [0.1, 0.15) is 18.5 Å². The van der Waals surface area contributed by atoms with E-state index in [1.807, 2.05) is 42.6 Å². The van der Waals surface area contributed by atoms with Gasteiger partial charge in [0.2, 0.25) is 5.91 Å². The van der Waals surface area contributed by atoms with Crippen LogP contribution in [-0.4, -0.2) is 36.9 Å². The highest BCUT2D eigenvalue weighted by Crippen LogP contribution is 2.24. The SMILES string of the molecule is C[C@H]([NH2+]CC(=O)N(C)CC(=O)Nc1ccc(Cl)c(Cl)c1)c1ccccc1. The Kier molecular flexibility index (Phi) is 7.45. The van der Waals surface area contributed by atoms with Crippen LogP contribution in [0.2, 0.25) is 10.0 Å².